The van der Waals surface area contributed by atoms with E-state index >= 15 is 0 Å². The molecular formula is C24H25FN4O4. The molecule has 1 aliphatic rings. The number of carbonyl (C=O) groups is 2. The number of halogens is 1. The van der Waals surface area contributed by atoms with Gasteiger partial charge in [0.15, 0.2) is 11.5 Å². The maximum Gasteiger partial charge on any atom is 0.251 e. The van der Waals surface area contributed by atoms with Gasteiger partial charge < -0.3 is 20.1 Å². The van der Waals surface area contributed by atoms with Crippen molar-refractivity contribution in [3.05, 3.63) is 53.5 Å². The zero-order chi connectivity index (χ0) is 23.7. The van der Waals surface area contributed by atoms with E-state index in [2.05, 4.69) is 15.7 Å². The Labute approximate surface area is 190 Å². The number of hydrogen-bond donors (Lipinski definition) is 2. The van der Waals surface area contributed by atoms with Crippen molar-refractivity contribution in [2.24, 2.45) is 0 Å². The van der Waals surface area contributed by atoms with E-state index in [9.17, 15) is 14.0 Å². The molecule has 1 atom stereocenters. The largest absolute Gasteiger partial charge is 0.493 e. The molecule has 0 bridgehead atoms. The number of methoxy groups -OCH3 is 2. The van der Waals surface area contributed by atoms with Gasteiger partial charge in [-0.05, 0) is 48.7 Å². The van der Waals surface area contributed by atoms with Gasteiger partial charge in [-0.3, -0.25) is 9.59 Å². The number of nitrogens with one attached hydrogen (secondary N) is 2. The number of hydrogen-bond acceptors (Lipinski definition) is 5. The van der Waals surface area contributed by atoms with Gasteiger partial charge in [-0.1, -0.05) is 19.1 Å². The average molecular weight is 452 g/mol. The van der Waals surface area contributed by atoms with Gasteiger partial charge in [-0.2, -0.15) is 5.10 Å². The molecule has 2 aromatic carbocycles. The van der Waals surface area contributed by atoms with E-state index in [4.69, 9.17) is 9.47 Å². The number of ether oxygens (including phenoxy) is 2. The lowest BCUT2D eigenvalue weighted by Crippen LogP contribution is -2.24. The lowest BCUT2D eigenvalue weighted by Gasteiger charge is -2.11. The predicted octanol–water partition coefficient (Wildman–Crippen LogP) is 4.10. The summed E-state index contributed by atoms with van der Waals surface area (Å²) in [4.78, 5) is 25.3. The SMILES string of the molecule is CCc1nn2c(c1-c1ccc(OC)c(OC)c1)NC(=O)C2CC(=O)Nc1ccc(C)cc1F. The third-order valence-corrected chi connectivity index (χ3v) is 5.61. The van der Waals surface area contributed by atoms with Crippen LogP contribution >= 0.6 is 0 Å². The van der Waals surface area contributed by atoms with Crippen LogP contribution in [0.25, 0.3) is 11.1 Å². The normalized spacial score (nSPS) is 14.6. The highest BCUT2D eigenvalue weighted by Crippen LogP contribution is 2.41. The van der Waals surface area contributed by atoms with Crippen LogP contribution in [0, 0.1) is 12.7 Å². The van der Waals surface area contributed by atoms with Gasteiger partial charge in [0.25, 0.3) is 5.91 Å². The Morgan fingerprint density at radius 3 is 2.61 bits per heavy atom. The van der Waals surface area contributed by atoms with Crippen LogP contribution in [0.1, 0.15) is 30.6 Å². The second-order valence-electron chi connectivity index (χ2n) is 7.78. The lowest BCUT2D eigenvalue weighted by atomic mass is 10.0. The minimum absolute atomic E-state index is 0.0740. The highest BCUT2D eigenvalue weighted by Gasteiger charge is 2.37. The van der Waals surface area contributed by atoms with Gasteiger partial charge in [-0.25, -0.2) is 9.07 Å². The minimum Gasteiger partial charge on any atom is -0.493 e. The molecule has 8 nitrogen and oxygen atoms in total. The molecule has 1 unspecified atom stereocenters. The molecular weight excluding hydrogens is 427 g/mol. The molecule has 1 aromatic heterocycles. The van der Waals surface area contributed by atoms with Crippen molar-refractivity contribution >= 4 is 23.3 Å². The van der Waals surface area contributed by atoms with E-state index in [0.29, 0.717) is 23.7 Å². The van der Waals surface area contributed by atoms with Gasteiger partial charge in [0.05, 0.1) is 32.0 Å². The van der Waals surface area contributed by atoms with E-state index in [0.717, 1.165) is 22.4 Å². The number of aromatic nitrogens is 2. The zero-order valence-corrected chi connectivity index (χ0v) is 18.9. The number of aryl methyl sites for hydroxylation is 2. The summed E-state index contributed by atoms with van der Waals surface area (Å²) in [6, 6.07) is 9.18. The molecule has 0 saturated heterocycles. The van der Waals surface area contributed by atoms with Crippen LogP contribution in [-0.2, 0) is 16.0 Å². The molecule has 4 rings (SSSR count). The molecule has 2 N–H and O–H groups in total. The quantitative estimate of drug-likeness (QED) is 0.563. The van der Waals surface area contributed by atoms with Crippen molar-refractivity contribution in [2.75, 3.05) is 24.9 Å². The van der Waals surface area contributed by atoms with Gasteiger partial charge in [0, 0.05) is 5.56 Å². The number of amides is 2. The lowest BCUT2D eigenvalue weighted by molar-refractivity contribution is -0.123. The average Bonchev–Trinajstić information content (AvgIpc) is 3.30. The summed E-state index contributed by atoms with van der Waals surface area (Å²) in [7, 11) is 3.11. The van der Waals surface area contributed by atoms with E-state index in [1.54, 1.807) is 33.3 Å². The summed E-state index contributed by atoms with van der Waals surface area (Å²) in [6.07, 6.45) is 0.440. The molecule has 0 spiro atoms. The maximum absolute atomic E-state index is 14.1. The van der Waals surface area contributed by atoms with Crippen molar-refractivity contribution in [1.82, 2.24) is 9.78 Å². The number of benzene rings is 2. The summed E-state index contributed by atoms with van der Waals surface area (Å²) >= 11 is 0. The second kappa shape index (κ2) is 8.93. The molecule has 0 aliphatic carbocycles. The molecule has 33 heavy (non-hydrogen) atoms. The van der Waals surface area contributed by atoms with Crippen LogP contribution in [-0.4, -0.2) is 35.8 Å². The van der Waals surface area contributed by atoms with Crippen LogP contribution in [0.15, 0.2) is 36.4 Å². The Morgan fingerprint density at radius 2 is 1.94 bits per heavy atom. The summed E-state index contributed by atoms with van der Waals surface area (Å²) in [6.45, 7) is 3.73. The van der Waals surface area contributed by atoms with Crippen LogP contribution in [0.5, 0.6) is 11.5 Å². The van der Waals surface area contributed by atoms with E-state index in [1.165, 1.54) is 16.8 Å². The topological polar surface area (TPSA) is 94.5 Å². The van der Waals surface area contributed by atoms with Gasteiger partial charge in [-0.15, -0.1) is 0 Å². The van der Waals surface area contributed by atoms with Gasteiger partial charge in [0.1, 0.15) is 17.7 Å². The Balaban J connectivity index is 1.64. The molecule has 172 valence electrons. The Morgan fingerprint density at radius 1 is 1.18 bits per heavy atom. The monoisotopic (exact) mass is 452 g/mol. The van der Waals surface area contributed by atoms with Crippen LogP contribution in [0.4, 0.5) is 15.9 Å². The number of nitrogens with zero attached hydrogens (tertiary/aromatic N) is 2. The van der Waals surface area contributed by atoms with Crippen LogP contribution in [0.3, 0.4) is 0 Å². The highest BCUT2D eigenvalue weighted by molar-refractivity contribution is 6.04. The van der Waals surface area contributed by atoms with Crippen molar-refractivity contribution in [3.8, 4) is 22.6 Å². The molecule has 2 amide bonds. The summed E-state index contributed by atoms with van der Waals surface area (Å²) < 4.78 is 26.4. The Bertz CT molecular complexity index is 1240. The number of carbonyl (C=O) groups excluding carboxylic acids is 2. The smallest absolute Gasteiger partial charge is 0.251 e. The molecule has 2 heterocycles. The molecule has 3 aromatic rings. The first-order valence-corrected chi connectivity index (χ1v) is 10.6. The van der Waals surface area contributed by atoms with Crippen LogP contribution in [0.2, 0.25) is 0 Å². The second-order valence-corrected chi connectivity index (χ2v) is 7.78. The standard InChI is InChI=1S/C24H25FN4O4/c1-5-16-22(14-7-9-19(32-3)20(11-14)33-4)23-27-24(31)18(29(23)28-16)12-21(30)26-17-8-6-13(2)10-15(17)25/h6-11,18H,5,12H2,1-4H3,(H,26,30)(H,27,31). The van der Waals surface area contributed by atoms with Crippen molar-refractivity contribution < 1.29 is 23.5 Å². The third-order valence-electron chi connectivity index (χ3n) is 5.61. The zero-order valence-electron chi connectivity index (χ0n) is 18.9. The number of fused-ring (bicyclic) bond motifs is 1. The van der Waals surface area contributed by atoms with Crippen LogP contribution < -0.4 is 20.1 Å². The van der Waals surface area contributed by atoms with Crippen molar-refractivity contribution in [2.45, 2.75) is 32.7 Å². The summed E-state index contributed by atoms with van der Waals surface area (Å²) in [5, 5.41) is 10.0. The van der Waals surface area contributed by atoms with Gasteiger partial charge >= 0.3 is 0 Å². The molecule has 1 aliphatic heterocycles. The summed E-state index contributed by atoms with van der Waals surface area (Å²) in [5.41, 5.74) is 3.16. The molecule has 0 fully saturated rings. The number of anilines is 2. The fraction of sp³-hybridized carbons (Fsp3) is 0.292. The number of rotatable bonds is 7. The van der Waals surface area contributed by atoms with E-state index in [-0.39, 0.29) is 18.0 Å². The third kappa shape index (κ3) is 4.13. The van der Waals surface area contributed by atoms with Gasteiger partial charge in [0.2, 0.25) is 5.91 Å². The predicted molar refractivity (Wildman–Crippen MR) is 122 cm³/mol. The minimum atomic E-state index is -0.840. The molecule has 0 radical (unpaired) electrons. The highest BCUT2D eigenvalue weighted by atomic mass is 19.1. The first-order valence-electron chi connectivity index (χ1n) is 10.6. The fourth-order valence-corrected chi connectivity index (χ4v) is 3.96. The Kier molecular flexibility index (Phi) is 6.04. The Hall–Kier alpha value is -3.88. The van der Waals surface area contributed by atoms with Crippen molar-refractivity contribution in [1.29, 1.82) is 0 Å². The molecule has 0 saturated carbocycles. The molecule has 9 heteroatoms. The first kappa shape index (κ1) is 22.3. The summed E-state index contributed by atoms with van der Waals surface area (Å²) in [5.74, 6) is 0.308. The van der Waals surface area contributed by atoms with Crippen molar-refractivity contribution in [3.63, 3.8) is 0 Å². The fourth-order valence-electron chi connectivity index (χ4n) is 3.96. The maximum atomic E-state index is 14.1. The van der Waals surface area contributed by atoms with E-state index in [1.807, 2.05) is 19.1 Å². The first-order chi connectivity index (χ1) is 15.9. The van der Waals surface area contributed by atoms with E-state index < -0.39 is 17.8 Å².